The molecule has 1 nitrogen and oxygen atoms in total. The molecule has 1 saturated carbocycles. The minimum absolute atomic E-state index is 0.0169. The third-order valence-electron chi connectivity index (χ3n) is 3.59. The summed E-state index contributed by atoms with van der Waals surface area (Å²) in [6, 6.07) is 1.81. The maximum absolute atomic E-state index is 13.6. The Hall–Kier alpha value is -1.10. The fourth-order valence-electron chi connectivity index (χ4n) is 2.55. The lowest BCUT2D eigenvalue weighted by Gasteiger charge is -2.21. The fraction of sp³-hybridized carbons (Fsp3) is 0.538. The molecule has 5 heteroatoms. The molecule has 0 heterocycles. The van der Waals surface area contributed by atoms with Gasteiger partial charge in [-0.15, -0.1) is 0 Å². The minimum atomic E-state index is -4.46. The van der Waals surface area contributed by atoms with Crippen molar-refractivity contribution < 1.29 is 17.6 Å². The highest BCUT2D eigenvalue weighted by molar-refractivity contribution is 5.29. The van der Waals surface area contributed by atoms with Gasteiger partial charge in [-0.25, -0.2) is 4.39 Å². The van der Waals surface area contributed by atoms with Crippen LogP contribution in [0.2, 0.25) is 0 Å². The van der Waals surface area contributed by atoms with Gasteiger partial charge in [-0.3, -0.25) is 0 Å². The van der Waals surface area contributed by atoms with Crippen LogP contribution in [0.5, 0.6) is 0 Å². The van der Waals surface area contributed by atoms with Crippen LogP contribution in [-0.2, 0) is 6.18 Å². The second-order valence-corrected chi connectivity index (χ2v) is 4.80. The van der Waals surface area contributed by atoms with Crippen LogP contribution in [0, 0.1) is 11.7 Å². The van der Waals surface area contributed by atoms with Gasteiger partial charge in [-0.05, 0) is 37.0 Å². The van der Waals surface area contributed by atoms with Gasteiger partial charge in [0, 0.05) is 11.6 Å². The van der Waals surface area contributed by atoms with E-state index in [0.29, 0.717) is 0 Å². The Labute approximate surface area is 103 Å². The van der Waals surface area contributed by atoms with E-state index in [0.717, 1.165) is 43.9 Å². The molecule has 18 heavy (non-hydrogen) atoms. The highest BCUT2D eigenvalue weighted by Crippen LogP contribution is 2.37. The van der Waals surface area contributed by atoms with Gasteiger partial charge in [0.25, 0.3) is 0 Å². The summed E-state index contributed by atoms with van der Waals surface area (Å²) in [5, 5.41) is 0. The Kier molecular flexibility index (Phi) is 3.61. The average molecular weight is 261 g/mol. The first-order valence-electron chi connectivity index (χ1n) is 6.02. The lowest BCUT2D eigenvalue weighted by molar-refractivity contribution is -0.137. The molecule has 0 bridgehead atoms. The maximum atomic E-state index is 13.6. The highest BCUT2D eigenvalue weighted by Gasteiger charge is 2.33. The molecule has 0 saturated heterocycles. The normalized spacial score (nSPS) is 19.2. The van der Waals surface area contributed by atoms with Crippen molar-refractivity contribution in [2.75, 3.05) is 0 Å². The minimum Gasteiger partial charge on any atom is -0.324 e. The van der Waals surface area contributed by atoms with Crippen molar-refractivity contribution in [2.45, 2.75) is 37.9 Å². The van der Waals surface area contributed by atoms with Crippen LogP contribution in [0.3, 0.4) is 0 Å². The molecule has 2 N–H and O–H groups in total. The summed E-state index contributed by atoms with van der Waals surface area (Å²) in [4.78, 5) is 0. The van der Waals surface area contributed by atoms with Crippen LogP contribution in [0.25, 0.3) is 0 Å². The third kappa shape index (κ3) is 2.66. The maximum Gasteiger partial charge on any atom is 0.416 e. The molecule has 100 valence electrons. The Bertz CT molecular complexity index is 421. The quantitative estimate of drug-likeness (QED) is 0.799. The van der Waals surface area contributed by atoms with E-state index >= 15 is 0 Å². The number of alkyl halides is 3. The molecule has 0 amide bonds. The number of hydrogen-bond acceptors (Lipinski definition) is 1. The Morgan fingerprint density at radius 3 is 2.33 bits per heavy atom. The summed E-state index contributed by atoms with van der Waals surface area (Å²) in [5.74, 6) is -0.564. The van der Waals surface area contributed by atoms with E-state index < -0.39 is 23.6 Å². The van der Waals surface area contributed by atoms with Gasteiger partial charge >= 0.3 is 6.18 Å². The molecule has 0 radical (unpaired) electrons. The van der Waals surface area contributed by atoms with Crippen LogP contribution in [0.15, 0.2) is 18.2 Å². The standard InChI is InChI=1S/C13H15F4N/c14-11-6-5-9(13(15,16)17)7-10(11)12(18)8-3-1-2-4-8/h5-8,12H,1-4,18H2/t12-/m0/s1. The zero-order valence-corrected chi connectivity index (χ0v) is 9.80. The lowest BCUT2D eigenvalue weighted by Crippen LogP contribution is -2.21. The van der Waals surface area contributed by atoms with Gasteiger partial charge in [0.2, 0.25) is 0 Å². The van der Waals surface area contributed by atoms with Gasteiger partial charge in [0.05, 0.1) is 5.56 Å². The molecule has 1 aliphatic carbocycles. The molecule has 0 aliphatic heterocycles. The Morgan fingerprint density at radius 2 is 1.78 bits per heavy atom. The predicted molar refractivity (Wildman–Crippen MR) is 60.3 cm³/mol. The molecule has 0 spiro atoms. The molecule has 1 aromatic carbocycles. The van der Waals surface area contributed by atoms with Gasteiger partial charge in [0.15, 0.2) is 0 Å². The molecule has 2 rings (SSSR count). The van der Waals surface area contributed by atoms with Gasteiger partial charge in [0.1, 0.15) is 5.82 Å². The number of benzene rings is 1. The summed E-state index contributed by atoms with van der Waals surface area (Å²) < 4.78 is 51.3. The van der Waals surface area contributed by atoms with E-state index in [1.54, 1.807) is 0 Å². The number of nitrogens with two attached hydrogens (primary N) is 1. The molecule has 1 fully saturated rings. The highest BCUT2D eigenvalue weighted by atomic mass is 19.4. The molecule has 1 aliphatic rings. The van der Waals surface area contributed by atoms with Crippen LogP contribution < -0.4 is 5.73 Å². The van der Waals surface area contributed by atoms with E-state index in [1.807, 2.05) is 0 Å². The van der Waals surface area contributed by atoms with Gasteiger partial charge < -0.3 is 5.73 Å². The van der Waals surface area contributed by atoms with Crippen molar-refractivity contribution in [3.63, 3.8) is 0 Å². The van der Waals surface area contributed by atoms with Crippen molar-refractivity contribution in [3.8, 4) is 0 Å². The molecule has 1 aromatic rings. The molecule has 0 aromatic heterocycles. The number of rotatable bonds is 2. The first-order chi connectivity index (χ1) is 8.39. The smallest absolute Gasteiger partial charge is 0.324 e. The summed E-state index contributed by atoms with van der Waals surface area (Å²) in [6.45, 7) is 0. The van der Waals surface area contributed by atoms with E-state index in [2.05, 4.69) is 0 Å². The summed E-state index contributed by atoms with van der Waals surface area (Å²) in [5.41, 5.74) is 5.05. The Balaban J connectivity index is 2.31. The monoisotopic (exact) mass is 261 g/mol. The fourth-order valence-corrected chi connectivity index (χ4v) is 2.55. The van der Waals surface area contributed by atoms with Crippen LogP contribution in [0.1, 0.15) is 42.9 Å². The SMILES string of the molecule is N[C@H](c1cc(C(F)(F)F)ccc1F)C1CCCC1. The zero-order valence-electron chi connectivity index (χ0n) is 9.80. The van der Waals surface area contributed by atoms with E-state index in [-0.39, 0.29) is 11.5 Å². The van der Waals surface area contributed by atoms with Crippen molar-refractivity contribution >= 4 is 0 Å². The van der Waals surface area contributed by atoms with Crippen molar-refractivity contribution in [1.82, 2.24) is 0 Å². The van der Waals surface area contributed by atoms with Crippen molar-refractivity contribution in [2.24, 2.45) is 11.7 Å². The van der Waals surface area contributed by atoms with Gasteiger partial charge in [-0.2, -0.15) is 13.2 Å². The van der Waals surface area contributed by atoms with Gasteiger partial charge in [-0.1, -0.05) is 12.8 Å². The Morgan fingerprint density at radius 1 is 1.17 bits per heavy atom. The first kappa shape index (κ1) is 13.3. The number of hydrogen-bond donors (Lipinski definition) is 1. The van der Waals surface area contributed by atoms with Crippen LogP contribution in [-0.4, -0.2) is 0 Å². The molecular formula is C13H15F4N. The second-order valence-electron chi connectivity index (χ2n) is 4.80. The molecule has 0 unspecified atom stereocenters. The van der Waals surface area contributed by atoms with Crippen molar-refractivity contribution in [3.05, 3.63) is 35.1 Å². The second kappa shape index (κ2) is 4.88. The molecule has 1 atom stereocenters. The van der Waals surface area contributed by atoms with E-state index in [9.17, 15) is 17.6 Å². The summed E-state index contributed by atoms with van der Waals surface area (Å²) in [7, 11) is 0. The van der Waals surface area contributed by atoms with Crippen molar-refractivity contribution in [1.29, 1.82) is 0 Å². The zero-order chi connectivity index (χ0) is 13.3. The molecular weight excluding hydrogens is 246 g/mol. The topological polar surface area (TPSA) is 26.0 Å². The van der Waals surface area contributed by atoms with Crippen LogP contribution >= 0.6 is 0 Å². The predicted octanol–water partition coefficient (Wildman–Crippen LogP) is 4.03. The lowest BCUT2D eigenvalue weighted by atomic mass is 9.91. The van der Waals surface area contributed by atoms with E-state index in [4.69, 9.17) is 5.73 Å². The van der Waals surface area contributed by atoms with E-state index in [1.165, 1.54) is 0 Å². The first-order valence-corrected chi connectivity index (χ1v) is 6.02. The summed E-state index contributed by atoms with van der Waals surface area (Å²) >= 11 is 0. The summed E-state index contributed by atoms with van der Waals surface area (Å²) in [6.07, 6.45) is -0.719. The number of halogens is 4. The van der Waals surface area contributed by atoms with Crippen LogP contribution in [0.4, 0.5) is 17.6 Å². The third-order valence-corrected chi connectivity index (χ3v) is 3.59. The average Bonchev–Trinajstić information content (AvgIpc) is 2.80. The largest absolute Gasteiger partial charge is 0.416 e.